The number of hydrogen-bond acceptors (Lipinski definition) is 6. The van der Waals surface area contributed by atoms with E-state index >= 15 is 0 Å². The Morgan fingerprint density at radius 3 is 2.60 bits per heavy atom. The second-order valence-corrected chi connectivity index (χ2v) is 10.7. The summed E-state index contributed by atoms with van der Waals surface area (Å²) < 4.78 is 40.1. The second kappa shape index (κ2) is 7.04. The Labute approximate surface area is 185 Å². The van der Waals surface area contributed by atoms with Gasteiger partial charge in [0.25, 0.3) is 0 Å². The Balaban J connectivity index is 1.62. The molecule has 30 heavy (non-hydrogen) atoms. The molecule has 4 heterocycles. The molecular formula is C19H11F3N2O2S4. The number of thiophene rings is 1. The summed E-state index contributed by atoms with van der Waals surface area (Å²) in [7, 11) is 0. The van der Waals surface area contributed by atoms with Crippen molar-refractivity contribution < 1.29 is 22.8 Å². The zero-order valence-corrected chi connectivity index (χ0v) is 18.1. The number of nitrogens with one attached hydrogen (secondary N) is 1. The van der Waals surface area contributed by atoms with Gasteiger partial charge in [-0.1, -0.05) is 23.9 Å². The number of carbonyl (C=O) groups excluding carboxylic acids is 2. The lowest BCUT2D eigenvalue weighted by atomic mass is 9.87. The van der Waals surface area contributed by atoms with Crippen LogP contribution in [-0.4, -0.2) is 22.0 Å². The van der Waals surface area contributed by atoms with E-state index in [2.05, 4.69) is 4.98 Å². The molecule has 4 nitrogen and oxygen atoms in total. The highest BCUT2D eigenvalue weighted by atomic mass is 32.2. The molecule has 1 aromatic carbocycles. The summed E-state index contributed by atoms with van der Waals surface area (Å²) in [6.45, 7) is 0. The van der Waals surface area contributed by atoms with Crippen LogP contribution in [0.5, 0.6) is 0 Å². The molecule has 0 saturated carbocycles. The van der Waals surface area contributed by atoms with Crippen LogP contribution >= 0.6 is 46.7 Å². The first-order chi connectivity index (χ1) is 14.3. The molecule has 1 N–H and O–H groups in total. The minimum Gasteiger partial charge on any atom is -0.332 e. The molecule has 2 aromatic heterocycles. The van der Waals surface area contributed by atoms with Gasteiger partial charge < -0.3 is 4.98 Å². The molecule has 3 aromatic rings. The monoisotopic (exact) mass is 484 g/mol. The number of hydrogen-bond donors (Lipinski definition) is 1. The van der Waals surface area contributed by atoms with Crippen molar-refractivity contribution in [2.75, 3.05) is 4.90 Å². The van der Waals surface area contributed by atoms with Crippen molar-refractivity contribution in [3.63, 3.8) is 0 Å². The fraction of sp³-hybridized carbons (Fsp3) is 0.211. The first kappa shape index (κ1) is 20.0. The van der Waals surface area contributed by atoms with Gasteiger partial charge in [0.2, 0.25) is 11.8 Å². The van der Waals surface area contributed by atoms with Gasteiger partial charge in [-0.25, -0.2) is 4.90 Å². The van der Waals surface area contributed by atoms with Crippen molar-refractivity contribution in [3.8, 4) is 0 Å². The minimum absolute atomic E-state index is 0.0592. The predicted molar refractivity (Wildman–Crippen MR) is 113 cm³/mol. The van der Waals surface area contributed by atoms with Crippen LogP contribution in [0.3, 0.4) is 0 Å². The number of thioether (sulfide) groups is 1. The smallest absolute Gasteiger partial charge is 0.332 e. The standard InChI is InChI=1S/C19H11F3N2O2S4/c20-19(21,22)8-3-1-4-9(7-8)24-16(25)12-11(10-5-2-6-28-10)13-15(23-18(27)30-13)29-14(12)17(24)26/h1-7,11-12,14H,(H,23,27). The number of carbonyl (C=O) groups is 2. The van der Waals surface area contributed by atoms with E-state index in [1.807, 2.05) is 17.5 Å². The number of imide groups is 1. The normalized spacial score (nSPS) is 23.6. The highest BCUT2D eigenvalue weighted by Crippen LogP contribution is 2.54. The summed E-state index contributed by atoms with van der Waals surface area (Å²) in [5, 5.41) is 1.91. The number of thiazole rings is 1. The van der Waals surface area contributed by atoms with E-state index < -0.39 is 34.7 Å². The summed E-state index contributed by atoms with van der Waals surface area (Å²) in [4.78, 5) is 32.4. The fourth-order valence-electron chi connectivity index (χ4n) is 3.87. The van der Waals surface area contributed by atoms with Gasteiger partial charge in [0.05, 0.1) is 22.2 Å². The zero-order chi connectivity index (χ0) is 21.2. The number of anilines is 1. The number of amides is 2. The molecule has 2 amide bonds. The maximum atomic E-state index is 13.4. The number of aromatic nitrogens is 1. The van der Waals surface area contributed by atoms with Crippen molar-refractivity contribution in [2.45, 2.75) is 22.4 Å². The van der Waals surface area contributed by atoms with E-state index in [9.17, 15) is 22.8 Å². The Morgan fingerprint density at radius 2 is 1.90 bits per heavy atom. The number of alkyl halides is 3. The number of nitrogens with zero attached hydrogens (tertiary/aromatic N) is 1. The highest BCUT2D eigenvalue weighted by molar-refractivity contribution is 8.01. The van der Waals surface area contributed by atoms with Crippen LogP contribution in [0, 0.1) is 9.87 Å². The lowest BCUT2D eigenvalue weighted by molar-refractivity contribution is -0.137. The molecule has 3 unspecified atom stereocenters. The first-order valence-corrected chi connectivity index (χ1v) is 11.7. The Bertz CT molecular complexity index is 1220. The van der Waals surface area contributed by atoms with Gasteiger partial charge in [0.15, 0.2) is 3.95 Å². The van der Waals surface area contributed by atoms with Gasteiger partial charge in [0.1, 0.15) is 5.25 Å². The van der Waals surface area contributed by atoms with Crippen LogP contribution < -0.4 is 4.90 Å². The van der Waals surface area contributed by atoms with E-state index in [-0.39, 0.29) is 11.6 Å². The number of fused-ring (bicyclic) bond motifs is 2. The number of rotatable bonds is 2. The van der Waals surface area contributed by atoms with E-state index in [4.69, 9.17) is 12.2 Å². The maximum Gasteiger partial charge on any atom is 0.416 e. The van der Waals surface area contributed by atoms with Gasteiger partial charge in [-0.3, -0.25) is 9.59 Å². The molecule has 0 aliphatic carbocycles. The number of aromatic amines is 1. The van der Waals surface area contributed by atoms with Crippen molar-refractivity contribution >= 4 is 64.2 Å². The number of halogens is 3. The molecule has 1 saturated heterocycles. The van der Waals surface area contributed by atoms with Crippen molar-refractivity contribution in [3.05, 3.63) is 61.1 Å². The third kappa shape index (κ3) is 3.06. The molecule has 3 atom stereocenters. The van der Waals surface area contributed by atoms with Crippen LogP contribution in [0.15, 0.2) is 46.8 Å². The van der Waals surface area contributed by atoms with E-state index in [0.717, 1.165) is 31.8 Å². The molecule has 2 aliphatic heterocycles. The maximum absolute atomic E-state index is 13.4. The molecule has 5 rings (SSSR count). The number of benzene rings is 1. The molecule has 1 fully saturated rings. The lowest BCUT2D eigenvalue weighted by Gasteiger charge is -2.28. The Kier molecular flexibility index (Phi) is 4.69. The van der Waals surface area contributed by atoms with E-state index in [1.165, 1.54) is 46.6 Å². The van der Waals surface area contributed by atoms with Gasteiger partial charge >= 0.3 is 6.18 Å². The lowest BCUT2D eigenvalue weighted by Crippen LogP contribution is -2.32. The molecule has 0 radical (unpaired) electrons. The predicted octanol–water partition coefficient (Wildman–Crippen LogP) is 5.68. The summed E-state index contributed by atoms with van der Waals surface area (Å²) in [6, 6.07) is 8.10. The molecule has 11 heteroatoms. The van der Waals surface area contributed by atoms with Crippen LogP contribution in [0.4, 0.5) is 18.9 Å². The average Bonchev–Trinajstić information content (AvgIpc) is 3.39. The Morgan fingerprint density at radius 1 is 1.10 bits per heavy atom. The quantitative estimate of drug-likeness (QED) is 0.376. The second-order valence-electron chi connectivity index (χ2n) is 6.83. The molecule has 154 valence electrons. The van der Waals surface area contributed by atoms with Crippen molar-refractivity contribution in [2.24, 2.45) is 5.92 Å². The van der Waals surface area contributed by atoms with Crippen LogP contribution in [0.2, 0.25) is 0 Å². The van der Waals surface area contributed by atoms with Gasteiger partial charge in [-0.15, -0.1) is 22.7 Å². The van der Waals surface area contributed by atoms with Gasteiger partial charge in [0, 0.05) is 15.7 Å². The Hall–Kier alpha value is -1.95. The molecular weight excluding hydrogens is 473 g/mol. The topological polar surface area (TPSA) is 53.2 Å². The van der Waals surface area contributed by atoms with Gasteiger partial charge in [-0.2, -0.15) is 13.2 Å². The fourth-order valence-corrected chi connectivity index (χ4v) is 7.78. The SMILES string of the molecule is O=C1C2Sc3[nH]c(=S)sc3C(c3cccs3)C2C(=O)N1c1cccc(C(F)(F)F)c1. The summed E-state index contributed by atoms with van der Waals surface area (Å²) in [5.41, 5.74) is -0.961. The minimum atomic E-state index is -4.57. The largest absolute Gasteiger partial charge is 0.416 e. The van der Waals surface area contributed by atoms with Crippen molar-refractivity contribution in [1.82, 2.24) is 4.98 Å². The molecule has 2 aliphatic rings. The van der Waals surface area contributed by atoms with Crippen LogP contribution in [-0.2, 0) is 15.8 Å². The zero-order valence-electron chi connectivity index (χ0n) is 14.8. The third-order valence-corrected chi connectivity index (χ3v) is 8.81. The van der Waals surface area contributed by atoms with Crippen LogP contribution in [0.1, 0.15) is 21.2 Å². The van der Waals surface area contributed by atoms with E-state index in [1.54, 1.807) is 0 Å². The average molecular weight is 485 g/mol. The highest BCUT2D eigenvalue weighted by Gasteiger charge is 2.56. The van der Waals surface area contributed by atoms with Gasteiger partial charge in [-0.05, 0) is 41.9 Å². The molecule has 0 bridgehead atoms. The summed E-state index contributed by atoms with van der Waals surface area (Å²) in [6.07, 6.45) is -4.57. The summed E-state index contributed by atoms with van der Waals surface area (Å²) in [5.74, 6) is -2.06. The van der Waals surface area contributed by atoms with Crippen molar-refractivity contribution in [1.29, 1.82) is 0 Å². The molecule has 0 spiro atoms. The first-order valence-electron chi connectivity index (χ1n) is 8.74. The number of H-pyrrole nitrogens is 1. The third-order valence-electron chi connectivity index (χ3n) is 5.11. The summed E-state index contributed by atoms with van der Waals surface area (Å²) >= 11 is 9.34. The van der Waals surface area contributed by atoms with E-state index in [0.29, 0.717) is 3.95 Å². The van der Waals surface area contributed by atoms with Crippen LogP contribution in [0.25, 0.3) is 0 Å².